The van der Waals surface area contributed by atoms with Gasteiger partial charge in [-0.25, -0.2) is 9.18 Å². The van der Waals surface area contributed by atoms with Gasteiger partial charge < -0.3 is 14.6 Å². The van der Waals surface area contributed by atoms with Gasteiger partial charge in [-0.05, 0) is 68.0 Å². The van der Waals surface area contributed by atoms with Crippen LogP contribution in [0.25, 0.3) is 11.3 Å². The van der Waals surface area contributed by atoms with Gasteiger partial charge in [-0.3, -0.25) is 4.79 Å². The van der Waals surface area contributed by atoms with Crippen LogP contribution in [0.15, 0.2) is 30.3 Å². The molecular formula is C25H33FN2O3. The zero-order valence-corrected chi connectivity index (χ0v) is 18.9. The van der Waals surface area contributed by atoms with Crippen LogP contribution in [0.2, 0.25) is 0 Å². The Morgan fingerprint density at radius 1 is 1.19 bits per heavy atom. The van der Waals surface area contributed by atoms with Crippen molar-refractivity contribution in [3.05, 3.63) is 47.4 Å². The van der Waals surface area contributed by atoms with E-state index in [9.17, 15) is 14.0 Å². The van der Waals surface area contributed by atoms with E-state index in [1.807, 2.05) is 11.5 Å². The number of nitrogens with one attached hydrogen (secondary N) is 1. The van der Waals surface area contributed by atoms with Crippen molar-refractivity contribution in [1.29, 1.82) is 0 Å². The molecule has 0 aliphatic heterocycles. The average Bonchev–Trinajstić information content (AvgIpc) is 3.07. The summed E-state index contributed by atoms with van der Waals surface area (Å²) >= 11 is 0. The Morgan fingerprint density at radius 2 is 1.90 bits per heavy atom. The number of halogens is 1. The van der Waals surface area contributed by atoms with Gasteiger partial charge in [0, 0.05) is 30.4 Å². The molecule has 5 nitrogen and oxygen atoms in total. The number of ether oxygens (including phenoxy) is 1. The molecule has 1 aliphatic rings. The molecule has 0 bridgehead atoms. The van der Waals surface area contributed by atoms with E-state index in [1.54, 1.807) is 25.1 Å². The largest absolute Gasteiger partial charge is 0.462 e. The van der Waals surface area contributed by atoms with Gasteiger partial charge in [-0.1, -0.05) is 26.7 Å². The molecule has 0 saturated heterocycles. The number of aromatic nitrogens is 1. The van der Waals surface area contributed by atoms with Crippen LogP contribution in [-0.4, -0.2) is 29.1 Å². The van der Waals surface area contributed by atoms with E-state index in [4.69, 9.17) is 4.74 Å². The number of hydrogen-bond donors (Lipinski definition) is 1. The molecule has 3 atom stereocenters. The summed E-state index contributed by atoms with van der Waals surface area (Å²) in [6, 6.07) is 8.13. The SMILES string of the molecule is CCOC(=O)c1cc(-c2ccc(F)cc2)n(CCC(=O)N[C@@H]2CCC[C@@H](C)[C@H]2C)c1C. The second-order valence-electron chi connectivity index (χ2n) is 8.60. The molecule has 1 N–H and O–H groups in total. The molecular weight excluding hydrogens is 395 g/mol. The van der Waals surface area contributed by atoms with Gasteiger partial charge in [0.2, 0.25) is 5.91 Å². The van der Waals surface area contributed by atoms with Crippen molar-refractivity contribution in [3.8, 4) is 11.3 Å². The summed E-state index contributed by atoms with van der Waals surface area (Å²) in [5.41, 5.74) is 2.77. The minimum atomic E-state index is -0.392. The van der Waals surface area contributed by atoms with E-state index in [1.165, 1.54) is 18.6 Å². The van der Waals surface area contributed by atoms with Crippen LogP contribution in [-0.2, 0) is 16.1 Å². The fraction of sp³-hybridized carbons (Fsp3) is 0.520. The molecule has 1 aromatic heterocycles. The van der Waals surface area contributed by atoms with Gasteiger partial charge >= 0.3 is 5.97 Å². The quantitative estimate of drug-likeness (QED) is 0.624. The molecule has 1 aliphatic carbocycles. The number of rotatable bonds is 7. The number of benzene rings is 1. The Morgan fingerprint density at radius 3 is 2.58 bits per heavy atom. The summed E-state index contributed by atoms with van der Waals surface area (Å²) in [4.78, 5) is 25.1. The standard InChI is InChI=1S/C25H33FN2O3/c1-5-31-25(30)21-15-23(19-9-11-20(26)12-10-19)28(18(21)4)14-13-24(29)27-22-8-6-7-16(2)17(22)3/h9-12,15-17,22H,5-8,13-14H2,1-4H3,(H,27,29)/t16-,17-,22-/m1/s1. The smallest absolute Gasteiger partial charge is 0.339 e. The lowest BCUT2D eigenvalue weighted by Gasteiger charge is -2.34. The van der Waals surface area contributed by atoms with E-state index in [0.717, 1.165) is 29.8 Å². The topological polar surface area (TPSA) is 60.3 Å². The number of hydrogen-bond acceptors (Lipinski definition) is 3. The number of carbonyl (C=O) groups is 2. The minimum absolute atomic E-state index is 0.0155. The Balaban J connectivity index is 1.79. The third-order valence-corrected chi connectivity index (χ3v) is 6.62. The van der Waals surface area contributed by atoms with Crippen LogP contribution in [0, 0.1) is 24.6 Å². The van der Waals surface area contributed by atoms with Crippen LogP contribution in [0.3, 0.4) is 0 Å². The maximum absolute atomic E-state index is 13.4. The maximum atomic E-state index is 13.4. The van der Waals surface area contributed by atoms with Crippen molar-refractivity contribution in [1.82, 2.24) is 9.88 Å². The Hall–Kier alpha value is -2.63. The summed E-state index contributed by atoms with van der Waals surface area (Å²) in [7, 11) is 0. The fourth-order valence-electron chi connectivity index (χ4n) is 4.49. The van der Waals surface area contributed by atoms with Crippen molar-refractivity contribution in [3.63, 3.8) is 0 Å². The van der Waals surface area contributed by atoms with Gasteiger partial charge in [0.05, 0.1) is 12.2 Å². The van der Waals surface area contributed by atoms with Crippen LogP contribution in [0.4, 0.5) is 4.39 Å². The highest BCUT2D eigenvalue weighted by atomic mass is 19.1. The number of carbonyl (C=O) groups excluding carboxylic acids is 2. The summed E-state index contributed by atoms with van der Waals surface area (Å²) in [6.07, 6.45) is 3.69. The normalized spacial score (nSPS) is 21.0. The molecule has 1 aromatic carbocycles. The summed E-state index contributed by atoms with van der Waals surface area (Å²) in [5, 5.41) is 3.21. The molecule has 6 heteroatoms. The molecule has 0 radical (unpaired) electrons. The minimum Gasteiger partial charge on any atom is -0.462 e. The molecule has 1 saturated carbocycles. The van der Waals surface area contributed by atoms with Crippen LogP contribution in [0.1, 0.15) is 62.5 Å². The first-order valence-electron chi connectivity index (χ1n) is 11.2. The Kier molecular flexibility index (Phi) is 7.52. The molecule has 0 spiro atoms. The molecule has 1 fully saturated rings. The zero-order valence-electron chi connectivity index (χ0n) is 18.9. The Bertz CT molecular complexity index is 920. The van der Waals surface area contributed by atoms with E-state index >= 15 is 0 Å². The van der Waals surface area contributed by atoms with Gasteiger partial charge in [-0.2, -0.15) is 0 Å². The third-order valence-electron chi connectivity index (χ3n) is 6.62. The van der Waals surface area contributed by atoms with Crippen molar-refractivity contribution in [2.24, 2.45) is 11.8 Å². The highest BCUT2D eigenvalue weighted by molar-refractivity contribution is 5.92. The van der Waals surface area contributed by atoms with Gasteiger partial charge in [0.15, 0.2) is 0 Å². The lowest BCUT2D eigenvalue weighted by molar-refractivity contribution is -0.122. The third kappa shape index (κ3) is 5.35. The summed E-state index contributed by atoms with van der Waals surface area (Å²) in [5.74, 6) is 0.386. The highest BCUT2D eigenvalue weighted by Gasteiger charge is 2.28. The molecule has 2 aromatic rings. The number of amides is 1. The first-order valence-corrected chi connectivity index (χ1v) is 11.2. The van der Waals surface area contributed by atoms with Crippen LogP contribution < -0.4 is 5.32 Å². The molecule has 0 unspecified atom stereocenters. The molecule has 1 heterocycles. The number of esters is 1. The van der Waals surface area contributed by atoms with E-state index in [0.29, 0.717) is 30.4 Å². The van der Waals surface area contributed by atoms with Gasteiger partial charge in [0.1, 0.15) is 5.82 Å². The fourth-order valence-corrected chi connectivity index (χ4v) is 4.49. The predicted molar refractivity (Wildman–Crippen MR) is 119 cm³/mol. The first-order chi connectivity index (χ1) is 14.8. The summed E-state index contributed by atoms with van der Waals surface area (Å²) in [6.45, 7) is 8.79. The first kappa shape index (κ1) is 23.0. The summed E-state index contributed by atoms with van der Waals surface area (Å²) < 4.78 is 20.6. The molecule has 1 amide bonds. The van der Waals surface area contributed by atoms with E-state index in [2.05, 4.69) is 19.2 Å². The predicted octanol–water partition coefficient (Wildman–Crippen LogP) is 5.11. The van der Waals surface area contributed by atoms with Crippen molar-refractivity contribution >= 4 is 11.9 Å². The molecule has 168 valence electrons. The average molecular weight is 429 g/mol. The zero-order chi connectivity index (χ0) is 22.5. The monoisotopic (exact) mass is 428 g/mol. The van der Waals surface area contributed by atoms with E-state index in [-0.39, 0.29) is 24.4 Å². The van der Waals surface area contributed by atoms with E-state index < -0.39 is 5.97 Å². The Labute approximate surface area is 184 Å². The van der Waals surface area contributed by atoms with Crippen molar-refractivity contribution in [2.45, 2.75) is 66.0 Å². The van der Waals surface area contributed by atoms with Crippen LogP contribution in [0.5, 0.6) is 0 Å². The van der Waals surface area contributed by atoms with Gasteiger partial charge in [0.25, 0.3) is 0 Å². The van der Waals surface area contributed by atoms with Crippen molar-refractivity contribution in [2.75, 3.05) is 6.61 Å². The highest BCUT2D eigenvalue weighted by Crippen LogP contribution is 2.30. The van der Waals surface area contributed by atoms with Crippen LogP contribution >= 0.6 is 0 Å². The lowest BCUT2D eigenvalue weighted by atomic mass is 9.78. The van der Waals surface area contributed by atoms with Crippen molar-refractivity contribution < 1.29 is 18.7 Å². The maximum Gasteiger partial charge on any atom is 0.339 e. The second-order valence-corrected chi connectivity index (χ2v) is 8.60. The second kappa shape index (κ2) is 10.1. The molecule has 3 rings (SSSR count). The number of nitrogens with zero attached hydrogens (tertiary/aromatic N) is 1. The van der Waals surface area contributed by atoms with Gasteiger partial charge in [-0.15, -0.1) is 0 Å². The lowest BCUT2D eigenvalue weighted by Crippen LogP contribution is -2.43. The molecule has 31 heavy (non-hydrogen) atoms.